The second-order valence-electron chi connectivity index (χ2n) is 18.6. The van der Waals surface area contributed by atoms with Crippen molar-refractivity contribution in [2.45, 2.75) is 129 Å². The summed E-state index contributed by atoms with van der Waals surface area (Å²) in [6, 6.07) is 4.58. The van der Waals surface area contributed by atoms with Crippen LogP contribution in [0.25, 0.3) is 0 Å². The summed E-state index contributed by atoms with van der Waals surface area (Å²) in [5, 5.41) is 5.92. The van der Waals surface area contributed by atoms with Crippen LogP contribution in [0.3, 0.4) is 0 Å². The molecule has 4 unspecified atom stereocenters. The number of ether oxygens (including phenoxy) is 8. The number of alkyl carbamates (subject to hydrolysis) is 1. The van der Waals surface area contributed by atoms with Gasteiger partial charge >= 0.3 is 286 Å². The standard InChI is InChI=1S/C50H77Cl2N5O12.W/c1-13-57(21-23-62-9)48(61)56(8)38-25-36(5)67-43(27-38)68-45(35(4)24-34(3)31-58)50(7,65-12)28-33(2)16-14-19-49(6,32-63-10)69-47(60)54-20-15-22-66-42-26-37(17-18-41(42)64-11)46(59)55-44-39(51)29-53-30-40(44)52;/h17-18,26,29-31,33-36,38,43,45H,13-15,19-25,27-28,32H2,1-12H3,(H,54,60)(H,53,55,59);/t33-,34?,35-,36?,38?,43-,45+,49-,50?;/m0./s1. The van der Waals surface area contributed by atoms with E-state index in [2.05, 4.69) is 36.4 Å². The molecule has 2 aromatic rings. The van der Waals surface area contributed by atoms with Gasteiger partial charge < -0.3 is 14.8 Å². The Morgan fingerprint density at radius 1 is 1.03 bits per heavy atom. The van der Waals surface area contributed by atoms with Crippen LogP contribution in [0.2, 0.25) is 10.0 Å². The maximum absolute atomic E-state index is 13.6. The molecule has 0 saturated carbocycles. The van der Waals surface area contributed by atoms with E-state index in [1.54, 1.807) is 49.3 Å². The number of likely N-dealkylation sites (N-methyl/N-ethyl adjacent to an activating group) is 1. The van der Waals surface area contributed by atoms with Gasteiger partial charge in [0.15, 0.2) is 5.75 Å². The van der Waals surface area contributed by atoms with E-state index in [9.17, 15) is 19.2 Å². The molecule has 1 aliphatic rings. The van der Waals surface area contributed by atoms with Gasteiger partial charge in [0.25, 0.3) is 5.91 Å². The molecule has 4 amide bonds. The number of benzene rings is 1. The van der Waals surface area contributed by atoms with Crippen LogP contribution in [-0.2, 0) is 52.6 Å². The molecule has 1 aliphatic heterocycles. The van der Waals surface area contributed by atoms with Crippen molar-refractivity contribution >= 4 is 57.1 Å². The number of methoxy groups -OCH3 is 4. The van der Waals surface area contributed by atoms with Crippen molar-refractivity contribution in [3.63, 3.8) is 0 Å². The molecule has 0 bridgehead atoms. The molecule has 20 heteroatoms. The minimum atomic E-state index is -0.928. The van der Waals surface area contributed by atoms with Crippen LogP contribution in [0.5, 0.6) is 11.5 Å². The molecule has 3 rings (SSSR count). The molecule has 1 aromatic carbocycles. The topological polar surface area (TPSA) is 186 Å². The summed E-state index contributed by atoms with van der Waals surface area (Å²) in [4.78, 5) is 59.2. The van der Waals surface area contributed by atoms with Gasteiger partial charge in [-0.25, -0.2) is 0 Å². The summed E-state index contributed by atoms with van der Waals surface area (Å²) < 4.78 is 49.2. The maximum atomic E-state index is 13.6. The van der Waals surface area contributed by atoms with Crippen LogP contribution >= 0.6 is 23.2 Å². The number of halogens is 2. The third-order valence-corrected chi connectivity index (χ3v) is 15.4. The third kappa shape index (κ3) is 18.6. The zero-order valence-electron chi connectivity index (χ0n) is 43.1. The molecule has 0 spiro atoms. The number of carbonyl (C=O) groups excluding carboxylic acids is 4. The summed E-state index contributed by atoms with van der Waals surface area (Å²) in [6.07, 6.45) is 5.91. The van der Waals surface area contributed by atoms with Gasteiger partial charge in [0.2, 0.25) is 0 Å². The number of hydrogen-bond donors (Lipinski definition) is 2. The van der Waals surface area contributed by atoms with Gasteiger partial charge in [-0.15, -0.1) is 0 Å². The van der Waals surface area contributed by atoms with Gasteiger partial charge in [0.1, 0.15) is 0 Å². The molecule has 1 aromatic heterocycles. The average molecular weight is 1190 g/mol. The Balaban J connectivity index is 1.62. The van der Waals surface area contributed by atoms with E-state index in [-0.39, 0.29) is 77.0 Å². The number of anilines is 1. The number of aldehydes is 1. The molecular weight excluding hydrogens is 1120 g/mol. The first kappa shape index (κ1) is 60.9. The fourth-order valence-electron chi connectivity index (χ4n) is 8.74. The van der Waals surface area contributed by atoms with E-state index < -0.39 is 35.6 Å². The normalized spacial score (nSPS) is 19.3. The molecule has 9 atom stereocenters. The van der Waals surface area contributed by atoms with E-state index in [0.717, 1.165) is 6.29 Å². The van der Waals surface area contributed by atoms with E-state index in [4.69, 9.17) is 61.1 Å². The molecule has 394 valence electrons. The van der Waals surface area contributed by atoms with Crippen molar-refractivity contribution in [1.29, 1.82) is 0 Å². The predicted octanol–water partition coefficient (Wildman–Crippen LogP) is 8.64. The number of nitrogens with one attached hydrogen (secondary N) is 2. The monoisotopic (exact) mass is 1190 g/mol. The van der Waals surface area contributed by atoms with Crippen molar-refractivity contribution in [3.05, 3.63) is 46.2 Å². The molecule has 1 fully saturated rings. The number of nitrogens with zero attached hydrogens (tertiary/aromatic N) is 3. The number of carbonyl (C=O) groups is 4. The molecule has 2 heterocycles. The SMILES string of the molecule is CCN(CCOC)C(=O)N(C)C1CC(C)O[C@@H](O[C@H]([C@@H](C)CC(C)C=O)C(C)(C[C@@H](C)[C](=[W])CC[C@@](C)(COC)OC(=O)NCCCOc2cc(C(=O)Nc3c(Cl)cncc3Cl)ccc2OC)OC)C1. The first-order valence-corrected chi connectivity index (χ1v) is 26.1. The number of urea groups is 1. The summed E-state index contributed by atoms with van der Waals surface area (Å²) >= 11 is 13.7. The summed E-state index contributed by atoms with van der Waals surface area (Å²) in [6.45, 7) is 16.2. The molecule has 0 radical (unpaired) electrons. The van der Waals surface area contributed by atoms with Gasteiger partial charge in [-0.1, -0.05) is 23.2 Å². The van der Waals surface area contributed by atoms with Gasteiger partial charge in [0.05, 0.1) is 29.4 Å². The zero-order chi connectivity index (χ0) is 52.2. The molecule has 2 N–H and O–H groups in total. The van der Waals surface area contributed by atoms with E-state index in [0.29, 0.717) is 76.1 Å². The molecule has 0 aliphatic carbocycles. The Kier molecular flexibility index (Phi) is 26.0. The van der Waals surface area contributed by atoms with E-state index in [1.165, 1.54) is 42.8 Å². The van der Waals surface area contributed by atoms with Crippen molar-refractivity contribution in [3.8, 4) is 11.5 Å². The van der Waals surface area contributed by atoms with Gasteiger partial charge in [-0.3, -0.25) is 9.78 Å². The van der Waals surface area contributed by atoms with E-state index >= 15 is 0 Å². The van der Waals surface area contributed by atoms with Crippen molar-refractivity contribution < 1.29 is 76.4 Å². The molecule has 17 nitrogen and oxygen atoms in total. The third-order valence-electron chi connectivity index (χ3n) is 12.7. The second-order valence-corrected chi connectivity index (χ2v) is 21.3. The van der Waals surface area contributed by atoms with Crippen LogP contribution in [0.1, 0.15) is 104 Å². The Bertz CT molecular complexity index is 1990. The number of rotatable bonds is 30. The summed E-state index contributed by atoms with van der Waals surface area (Å²) in [5.74, 6) is 0.127. The first-order valence-electron chi connectivity index (χ1n) is 23.9. The zero-order valence-corrected chi connectivity index (χ0v) is 47.5. The Hall–Kier alpha value is -3.41. The van der Waals surface area contributed by atoms with Crippen LogP contribution in [0.15, 0.2) is 30.6 Å². The fourth-order valence-corrected chi connectivity index (χ4v) is 9.86. The van der Waals surface area contributed by atoms with Crippen LogP contribution < -0.4 is 20.1 Å². The second kappa shape index (κ2) is 29.9. The van der Waals surface area contributed by atoms with Crippen LogP contribution in [-0.4, -0.2) is 154 Å². The van der Waals surface area contributed by atoms with E-state index in [1.807, 2.05) is 34.7 Å². The number of pyridine rings is 1. The van der Waals surface area contributed by atoms with Gasteiger partial charge in [-0.2, -0.15) is 0 Å². The number of amides is 4. The number of hydrogen-bond acceptors (Lipinski definition) is 13. The van der Waals surface area contributed by atoms with Crippen molar-refractivity contribution in [1.82, 2.24) is 20.1 Å². The molecular formula is C50H77Cl2N5O12W. The van der Waals surface area contributed by atoms with Crippen LogP contribution in [0, 0.1) is 17.8 Å². The quantitative estimate of drug-likeness (QED) is 0.0560. The predicted molar refractivity (Wildman–Crippen MR) is 267 cm³/mol. The van der Waals surface area contributed by atoms with Gasteiger partial charge in [-0.05, 0) is 25.1 Å². The minimum absolute atomic E-state index is 0.0628. The van der Waals surface area contributed by atoms with Crippen LogP contribution in [0.4, 0.5) is 15.3 Å². The fraction of sp³-hybridized carbons (Fsp3) is 0.680. The Morgan fingerprint density at radius 3 is 2.34 bits per heavy atom. The average Bonchev–Trinajstić information content (AvgIpc) is 3.32. The Labute approximate surface area is 436 Å². The van der Waals surface area contributed by atoms with Crippen molar-refractivity contribution in [2.75, 3.05) is 80.3 Å². The molecule has 70 heavy (non-hydrogen) atoms. The first-order chi connectivity index (χ1) is 33.2. The molecule has 1 saturated heterocycles. The summed E-state index contributed by atoms with van der Waals surface area (Å²) in [5.41, 5.74) is -1.18. The Morgan fingerprint density at radius 2 is 1.73 bits per heavy atom. The van der Waals surface area contributed by atoms with Crippen molar-refractivity contribution in [2.24, 2.45) is 17.8 Å². The summed E-state index contributed by atoms with van der Waals surface area (Å²) in [7, 11) is 8.23. The van der Waals surface area contributed by atoms with Gasteiger partial charge in [0, 0.05) is 38.2 Å². The number of aromatic nitrogens is 1.